The van der Waals surface area contributed by atoms with Crippen molar-refractivity contribution in [1.29, 1.82) is 0 Å². The molecule has 0 saturated heterocycles. The molecule has 7 aliphatic rings. The summed E-state index contributed by atoms with van der Waals surface area (Å²) in [6.07, 6.45) is 4.04. The predicted molar refractivity (Wildman–Crippen MR) is 180 cm³/mol. The number of methoxy groups -OCH3 is 1. The number of hydrogen-bond donors (Lipinski definition) is 3. The number of esters is 2. The van der Waals surface area contributed by atoms with Crippen molar-refractivity contribution in [3.05, 3.63) is 16.1 Å². The van der Waals surface area contributed by atoms with Gasteiger partial charge in [0.2, 0.25) is 11.8 Å². The highest BCUT2D eigenvalue weighted by Gasteiger charge is 3.12. The average molecular weight is 698 g/mol. The van der Waals surface area contributed by atoms with Crippen LogP contribution in [0.1, 0.15) is 87.8 Å². The number of hydrogen-bond acceptors (Lipinski definition) is 10. The third-order valence-electron chi connectivity index (χ3n) is 13.3. The van der Waals surface area contributed by atoms with E-state index in [1.54, 1.807) is 17.3 Å². The second-order valence-electron chi connectivity index (χ2n) is 16.0. The van der Waals surface area contributed by atoms with Crippen molar-refractivity contribution in [2.75, 3.05) is 27.7 Å². The van der Waals surface area contributed by atoms with Crippen LogP contribution in [0.2, 0.25) is 0 Å². The zero-order valence-electron chi connectivity index (χ0n) is 29.6. The Labute approximate surface area is 292 Å². The van der Waals surface area contributed by atoms with E-state index in [0.717, 1.165) is 38.6 Å². The van der Waals surface area contributed by atoms with Gasteiger partial charge >= 0.3 is 11.9 Å². The van der Waals surface area contributed by atoms with Gasteiger partial charge in [0.1, 0.15) is 16.7 Å². The van der Waals surface area contributed by atoms with Crippen molar-refractivity contribution in [2.45, 2.75) is 89.9 Å². The van der Waals surface area contributed by atoms with Crippen LogP contribution in [0.4, 0.5) is 0 Å². The standard InChI is InChI=1S/C36H51N5O7S/c1-16(2)21(41(6)33(45)29(19-11-12-19)39-30(43)17(3)10-8-9-13-37-5)14-22(48-18(4)42)32-38-20(15-49-32)31(44)40-36-26-23-27(36)25-28(36)24(26)35(23,25)34(46)47-7/h15-17,19,21-29,37H,8-14H2,1-7H3,(H,39,43)(H,40,44)/t17-,21-,22-,23?,24?,25?,26?,27?,28?,29+,35?,36?/m1/s1. The van der Waals surface area contributed by atoms with Gasteiger partial charge in [0.15, 0.2) is 6.10 Å². The lowest BCUT2D eigenvalue weighted by atomic mass is 8.94. The van der Waals surface area contributed by atoms with Crippen LogP contribution in [0.15, 0.2) is 5.38 Å². The van der Waals surface area contributed by atoms with Gasteiger partial charge < -0.3 is 30.3 Å². The first kappa shape index (κ1) is 34.4. The molecule has 13 heteroatoms. The second kappa shape index (κ2) is 12.3. The van der Waals surface area contributed by atoms with Crippen LogP contribution in [0.3, 0.4) is 0 Å². The first-order valence-electron chi connectivity index (χ1n) is 18.1. The van der Waals surface area contributed by atoms with Gasteiger partial charge in [-0.3, -0.25) is 24.0 Å². The summed E-state index contributed by atoms with van der Waals surface area (Å²) < 4.78 is 10.9. The number of thiazole rings is 1. The number of unbranched alkanes of at least 4 members (excludes halogenated alkanes) is 1. The maximum atomic E-state index is 14.0. The van der Waals surface area contributed by atoms with Gasteiger partial charge in [-0.25, -0.2) is 4.98 Å². The number of ether oxygens (including phenoxy) is 2. The summed E-state index contributed by atoms with van der Waals surface area (Å²) in [6.45, 7) is 8.21. The molecular formula is C36H51N5O7S. The van der Waals surface area contributed by atoms with Crippen molar-refractivity contribution in [2.24, 2.45) is 58.7 Å². The monoisotopic (exact) mass is 697 g/mol. The molecule has 7 saturated carbocycles. The topological polar surface area (TPSA) is 156 Å². The minimum atomic E-state index is -0.749. The fraction of sp³-hybridized carbons (Fsp3) is 0.778. The minimum Gasteiger partial charge on any atom is -0.469 e. The van der Waals surface area contributed by atoms with Crippen LogP contribution in [0.25, 0.3) is 0 Å². The Hall–Kier alpha value is -3.06. The number of likely N-dealkylation sites (N-methyl/N-ethyl adjacent to an activating group) is 1. The highest BCUT2D eigenvalue weighted by Crippen LogP contribution is 3.07. The molecule has 0 aliphatic heterocycles. The van der Waals surface area contributed by atoms with E-state index < -0.39 is 18.1 Å². The van der Waals surface area contributed by atoms with Crippen molar-refractivity contribution in [3.63, 3.8) is 0 Å². The zero-order chi connectivity index (χ0) is 35.2. The molecular weight excluding hydrogens is 646 g/mol. The molecule has 3 amide bonds. The first-order valence-corrected chi connectivity index (χ1v) is 19.0. The fourth-order valence-electron chi connectivity index (χ4n) is 11.0. The van der Waals surface area contributed by atoms with E-state index in [1.807, 2.05) is 27.8 Å². The Morgan fingerprint density at radius 3 is 2.24 bits per heavy atom. The van der Waals surface area contributed by atoms with Gasteiger partial charge in [-0.15, -0.1) is 11.3 Å². The van der Waals surface area contributed by atoms with Crippen LogP contribution >= 0.6 is 11.3 Å². The van der Waals surface area contributed by atoms with Gasteiger partial charge in [0.05, 0.1) is 18.1 Å². The molecule has 8 rings (SSSR count). The summed E-state index contributed by atoms with van der Waals surface area (Å²) in [5.74, 6) is 1.04. The van der Waals surface area contributed by atoms with Crippen molar-refractivity contribution in [1.82, 2.24) is 25.8 Å². The second-order valence-corrected chi connectivity index (χ2v) is 16.8. The third kappa shape index (κ3) is 4.76. The molecule has 1 aromatic rings. The van der Waals surface area contributed by atoms with Crippen molar-refractivity contribution in [3.8, 4) is 0 Å². The number of aromatic nitrogens is 1. The predicted octanol–water partition coefficient (Wildman–Crippen LogP) is 2.93. The average Bonchev–Trinajstić information content (AvgIpc) is 3.80. The van der Waals surface area contributed by atoms with Gasteiger partial charge in [-0.1, -0.05) is 27.2 Å². The molecule has 0 bridgehead atoms. The van der Waals surface area contributed by atoms with Crippen LogP contribution in [0.5, 0.6) is 0 Å². The highest BCUT2D eigenvalue weighted by molar-refractivity contribution is 7.09. The van der Waals surface area contributed by atoms with Crippen molar-refractivity contribution >= 4 is 41.0 Å². The first-order chi connectivity index (χ1) is 23.4. The lowest BCUT2D eigenvalue weighted by Gasteiger charge is -3.09. The summed E-state index contributed by atoms with van der Waals surface area (Å²) in [5.41, 5.74) is -0.173. The van der Waals surface area contributed by atoms with E-state index in [1.165, 1.54) is 25.4 Å². The Balaban J connectivity index is 0.989. The Morgan fingerprint density at radius 1 is 1.04 bits per heavy atom. The van der Waals surface area contributed by atoms with Crippen LogP contribution in [-0.2, 0) is 28.7 Å². The molecule has 49 heavy (non-hydrogen) atoms. The lowest BCUT2D eigenvalue weighted by Crippen LogP contribution is -3.16. The number of nitrogens with zero attached hydrogens (tertiary/aromatic N) is 2. The summed E-state index contributed by atoms with van der Waals surface area (Å²) in [4.78, 5) is 71.8. The van der Waals surface area contributed by atoms with Gasteiger partial charge in [-0.05, 0) is 86.6 Å². The molecule has 7 fully saturated rings. The summed E-state index contributed by atoms with van der Waals surface area (Å²) in [5, 5.41) is 11.7. The smallest absolute Gasteiger partial charge is 0.312 e. The van der Waals surface area contributed by atoms with E-state index in [-0.39, 0.29) is 64.1 Å². The van der Waals surface area contributed by atoms with E-state index in [0.29, 0.717) is 46.9 Å². The molecule has 3 N–H and O–H groups in total. The maximum Gasteiger partial charge on any atom is 0.312 e. The molecule has 4 atom stereocenters. The molecule has 1 heterocycles. The Bertz CT molecular complexity index is 1490. The Morgan fingerprint density at radius 2 is 1.69 bits per heavy atom. The van der Waals surface area contributed by atoms with E-state index in [2.05, 4.69) is 20.9 Å². The molecule has 0 radical (unpaired) electrons. The zero-order valence-corrected chi connectivity index (χ0v) is 30.4. The third-order valence-corrected chi connectivity index (χ3v) is 14.3. The van der Waals surface area contributed by atoms with Gasteiger partial charge in [-0.2, -0.15) is 0 Å². The molecule has 1 aromatic heterocycles. The fourth-order valence-corrected chi connectivity index (χ4v) is 11.9. The number of carbonyl (C=O) groups excluding carboxylic acids is 5. The number of amides is 3. The molecule has 0 spiro atoms. The molecule has 0 aromatic carbocycles. The number of rotatable bonds is 18. The quantitative estimate of drug-likeness (QED) is 0.155. The summed E-state index contributed by atoms with van der Waals surface area (Å²) in [7, 11) is 5.14. The number of carbonyl (C=O) groups is 5. The van der Waals surface area contributed by atoms with Gasteiger partial charge in [0.25, 0.3) is 5.91 Å². The van der Waals surface area contributed by atoms with E-state index in [9.17, 15) is 24.0 Å². The largest absolute Gasteiger partial charge is 0.469 e. The van der Waals surface area contributed by atoms with E-state index in [4.69, 9.17) is 9.47 Å². The molecule has 7 aliphatic carbocycles. The molecule has 12 nitrogen and oxygen atoms in total. The normalized spacial score (nSPS) is 34.3. The highest BCUT2D eigenvalue weighted by atomic mass is 32.1. The van der Waals surface area contributed by atoms with Crippen LogP contribution in [-0.4, -0.2) is 84.9 Å². The number of nitrogens with one attached hydrogen (secondary N) is 3. The van der Waals surface area contributed by atoms with Crippen LogP contribution < -0.4 is 16.0 Å². The lowest BCUT2D eigenvalue weighted by molar-refractivity contribution is -0.609. The summed E-state index contributed by atoms with van der Waals surface area (Å²) in [6, 6.07) is -0.910. The molecule has 268 valence electrons. The molecule has 0 unspecified atom stereocenters. The van der Waals surface area contributed by atoms with Crippen molar-refractivity contribution < 1.29 is 33.4 Å². The van der Waals surface area contributed by atoms with Crippen LogP contribution in [0, 0.1) is 58.7 Å². The SMILES string of the molecule is CNCCCC[C@@H](C)C(=O)N[C@H](C(=O)N(C)[C@H](C[C@@H](OC(C)=O)c1nc(C(=O)NC23C4C5C2C2C3C4C52C(=O)OC)cs1)C(C)C)C1CC1. The van der Waals surface area contributed by atoms with Gasteiger partial charge in [0, 0.05) is 37.7 Å². The summed E-state index contributed by atoms with van der Waals surface area (Å²) >= 11 is 1.27. The van der Waals surface area contributed by atoms with E-state index >= 15 is 0 Å². The Kier molecular flexibility index (Phi) is 8.64. The minimum absolute atomic E-state index is 0.0124. The maximum absolute atomic E-state index is 14.0.